The zero-order valence-corrected chi connectivity index (χ0v) is 11.8. The van der Waals surface area contributed by atoms with Crippen molar-refractivity contribution in [2.24, 2.45) is 0 Å². The summed E-state index contributed by atoms with van der Waals surface area (Å²) in [5, 5.41) is 9.84. The summed E-state index contributed by atoms with van der Waals surface area (Å²) in [6.07, 6.45) is 1.57. The highest BCUT2D eigenvalue weighted by Gasteiger charge is 2.12. The molecule has 0 fully saturated rings. The first kappa shape index (κ1) is 13.5. The van der Waals surface area contributed by atoms with E-state index in [1.54, 1.807) is 35.1 Å². The van der Waals surface area contributed by atoms with Crippen LogP contribution in [0, 0.1) is 11.3 Å². The molecule has 0 spiro atoms. The van der Waals surface area contributed by atoms with Crippen molar-refractivity contribution >= 4 is 22.7 Å². The predicted octanol–water partition coefficient (Wildman–Crippen LogP) is 2.65. The summed E-state index contributed by atoms with van der Waals surface area (Å²) in [7, 11) is 0. The molecule has 5 nitrogen and oxygen atoms in total. The van der Waals surface area contributed by atoms with E-state index in [1.165, 1.54) is 11.8 Å². The fourth-order valence-corrected chi connectivity index (χ4v) is 2.71. The van der Waals surface area contributed by atoms with Crippen molar-refractivity contribution in [1.29, 1.82) is 5.26 Å². The molecule has 0 aliphatic carbocycles. The van der Waals surface area contributed by atoms with Crippen LogP contribution in [0.1, 0.15) is 5.76 Å². The summed E-state index contributed by atoms with van der Waals surface area (Å²) in [4.78, 5) is 17.1. The van der Waals surface area contributed by atoms with E-state index in [2.05, 4.69) is 11.1 Å². The van der Waals surface area contributed by atoms with Crippen molar-refractivity contribution in [3.05, 3.63) is 58.8 Å². The third-order valence-electron chi connectivity index (χ3n) is 2.99. The van der Waals surface area contributed by atoms with Gasteiger partial charge in [-0.3, -0.25) is 9.36 Å². The Bertz CT molecular complexity index is 863. The average Bonchev–Trinajstić information content (AvgIpc) is 3.01. The molecule has 3 aromatic rings. The number of thioether (sulfide) groups is 1. The van der Waals surface area contributed by atoms with E-state index >= 15 is 0 Å². The summed E-state index contributed by atoms with van der Waals surface area (Å²) in [6.45, 7) is 0.303. The topological polar surface area (TPSA) is 71.8 Å². The van der Waals surface area contributed by atoms with Crippen molar-refractivity contribution in [2.45, 2.75) is 11.7 Å². The van der Waals surface area contributed by atoms with Gasteiger partial charge in [-0.2, -0.15) is 5.26 Å². The number of hydrogen-bond donors (Lipinski definition) is 0. The second-order valence-corrected chi connectivity index (χ2v) is 5.27. The van der Waals surface area contributed by atoms with Gasteiger partial charge in [-0.05, 0) is 24.3 Å². The van der Waals surface area contributed by atoms with Gasteiger partial charge in [-0.1, -0.05) is 23.9 Å². The lowest BCUT2D eigenvalue weighted by Crippen LogP contribution is -2.23. The van der Waals surface area contributed by atoms with Crippen molar-refractivity contribution in [1.82, 2.24) is 9.55 Å². The van der Waals surface area contributed by atoms with E-state index in [0.29, 0.717) is 28.4 Å². The van der Waals surface area contributed by atoms with Crippen LogP contribution in [0.2, 0.25) is 0 Å². The number of aromatic nitrogens is 2. The smallest absolute Gasteiger partial charge is 0.262 e. The molecular weight excluding hydrogens is 286 g/mol. The molecule has 0 aliphatic heterocycles. The van der Waals surface area contributed by atoms with Gasteiger partial charge in [-0.15, -0.1) is 0 Å². The molecule has 0 aliphatic rings. The summed E-state index contributed by atoms with van der Waals surface area (Å²) in [6, 6.07) is 12.8. The maximum absolute atomic E-state index is 12.6. The largest absolute Gasteiger partial charge is 0.467 e. The Balaban J connectivity index is 2.16. The average molecular weight is 297 g/mol. The number of benzene rings is 1. The lowest BCUT2D eigenvalue weighted by Gasteiger charge is -2.10. The summed E-state index contributed by atoms with van der Waals surface area (Å²) in [5.74, 6) is 0.913. The normalized spacial score (nSPS) is 10.6. The van der Waals surface area contributed by atoms with E-state index in [4.69, 9.17) is 9.68 Å². The molecule has 0 amide bonds. The number of furan rings is 1. The Kier molecular flexibility index (Phi) is 3.75. The van der Waals surface area contributed by atoms with Crippen LogP contribution in [0.25, 0.3) is 10.9 Å². The SMILES string of the molecule is N#CCSc1nc2ccccc2c(=O)n1Cc1ccco1. The number of rotatable bonds is 4. The van der Waals surface area contributed by atoms with Crippen molar-refractivity contribution in [2.75, 3.05) is 5.75 Å². The maximum atomic E-state index is 12.6. The van der Waals surface area contributed by atoms with Crippen LogP contribution in [0.5, 0.6) is 0 Å². The third kappa shape index (κ3) is 2.69. The van der Waals surface area contributed by atoms with Crippen LogP contribution in [0.3, 0.4) is 0 Å². The number of nitrogens with zero attached hydrogens (tertiary/aromatic N) is 3. The van der Waals surface area contributed by atoms with Crippen LogP contribution in [-0.4, -0.2) is 15.3 Å². The van der Waals surface area contributed by atoms with Gasteiger partial charge in [0.25, 0.3) is 5.56 Å². The van der Waals surface area contributed by atoms with Crippen LogP contribution in [-0.2, 0) is 6.54 Å². The predicted molar refractivity (Wildman–Crippen MR) is 80.2 cm³/mol. The van der Waals surface area contributed by atoms with Crippen LogP contribution < -0.4 is 5.56 Å². The second kappa shape index (κ2) is 5.85. The molecule has 0 atom stereocenters. The Hall–Kier alpha value is -2.52. The number of fused-ring (bicyclic) bond motifs is 1. The lowest BCUT2D eigenvalue weighted by atomic mass is 10.2. The van der Waals surface area contributed by atoms with Crippen molar-refractivity contribution in [3.8, 4) is 6.07 Å². The molecule has 0 unspecified atom stereocenters. The van der Waals surface area contributed by atoms with Gasteiger partial charge in [0.05, 0.1) is 35.5 Å². The summed E-state index contributed by atoms with van der Waals surface area (Å²) in [5.41, 5.74) is 0.510. The second-order valence-electron chi connectivity index (χ2n) is 4.33. The fourth-order valence-electron chi connectivity index (χ4n) is 2.05. The molecule has 0 bridgehead atoms. The van der Waals surface area contributed by atoms with Crippen molar-refractivity contribution in [3.63, 3.8) is 0 Å². The minimum absolute atomic E-state index is 0.127. The van der Waals surface area contributed by atoms with Gasteiger partial charge in [0.2, 0.25) is 0 Å². The molecule has 0 saturated heterocycles. The van der Waals surface area contributed by atoms with E-state index in [0.717, 1.165) is 0 Å². The van der Waals surface area contributed by atoms with Gasteiger partial charge in [0, 0.05) is 0 Å². The third-order valence-corrected chi connectivity index (χ3v) is 3.83. The minimum Gasteiger partial charge on any atom is -0.467 e. The molecule has 0 saturated carbocycles. The van der Waals surface area contributed by atoms with Gasteiger partial charge >= 0.3 is 0 Å². The Morgan fingerprint density at radius 1 is 1.29 bits per heavy atom. The molecule has 0 radical (unpaired) electrons. The van der Waals surface area contributed by atoms with Crippen LogP contribution in [0.4, 0.5) is 0 Å². The molecule has 104 valence electrons. The van der Waals surface area contributed by atoms with Gasteiger partial charge in [0.1, 0.15) is 5.76 Å². The quantitative estimate of drug-likeness (QED) is 0.547. The standard InChI is InChI=1S/C15H11N3O2S/c16-7-9-21-15-17-13-6-2-1-5-12(13)14(19)18(15)10-11-4-3-8-20-11/h1-6,8H,9-10H2. The van der Waals surface area contributed by atoms with Crippen molar-refractivity contribution < 1.29 is 4.42 Å². The van der Waals surface area contributed by atoms with Gasteiger partial charge in [-0.25, -0.2) is 4.98 Å². The van der Waals surface area contributed by atoms with E-state index in [9.17, 15) is 4.79 Å². The monoisotopic (exact) mass is 297 g/mol. The minimum atomic E-state index is -0.127. The summed E-state index contributed by atoms with van der Waals surface area (Å²) >= 11 is 1.25. The van der Waals surface area contributed by atoms with E-state index in [-0.39, 0.29) is 11.3 Å². The van der Waals surface area contributed by atoms with Crippen LogP contribution in [0.15, 0.2) is 57.0 Å². The lowest BCUT2D eigenvalue weighted by molar-refractivity contribution is 0.476. The zero-order valence-electron chi connectivity index (χ0n) is 11.0. The Morgan fingerprint density at radius 3 is 2.90 bits per heavy atom. The molecule has 3 rings (SSSR count). The fraction of sp³-hybridized carbons (Fsp3) is 0.133. The molecule has 2 aromatic heterocycles. The highest BCUT2D eigenvalue weighted by Crippen LogP contribution is 2.18. The first-order valence-electron chi connectivity index (χ1n) is 6.31. The molecular formula is C15H11N3O2S. The first-order chi connectivity index (χ1) is 10.3. The van der Waals surface area contributed by atoms with Gasteiger partial charge in [0.15, 0.2) is 5.16 Å². The zero-order chi connectivity index (χ0) is 14.7. The highest BCUT2D eigenvalue weighted by atomic mass is 32.2. The maximum Gasteiger partial charge on any atom is 0.262 e. The summed E-state index contributed by atoms with van der Waals surface area (Å²) < 4.78 is 6.85. The highest BCUT2D eigenvalue weighted by molar-refractivity contribution is 7.99. The molecule has 6 heteroatoms. The Morgan fingerprint density at radius 2 is 2.14 bits per heavy atom. The molecule has 2 heterocycles. The van der Waals surface area contributed by atoms with Crippen LogP contribution >= 0.6 is 11.8 Å². The first-order valence-corrected chi connectivity index (χ1v) is 7.30. The molecule has 1 aromatic carbocycles. The Labute approximate surface area is 124 Å². The molecule has 0 N–H and O–H groups in total. The molecule has 21 heavy (non-hydrogen) atoms. The van der Waals surface area contributed by atoms with E-state index < -0.39 is 0 Å². The number of para-hydroxylation sites is 1. The number of nitriles is 1. The van der Waals surface area contributed by atoms with E-state index in [1.807, 2.05) is 12.1 Å². The van der Waals surface area contributed by atoms with Gasteiger partial charge < -0.3 is 4.42 Å². The number of hydrogen-bond acceptors (Lipinski definition) is 5.